The van der Waals surface area contributed by atoms with Crippen LogP contribution in [0.25, 0.3) is 6.08 Å². The second-order valence-electron chi connectivity index (χ2n) is 11.4. The number of halogens is 2. The van der Waals surface area contributed by atoms with Gasteiger partial charge in [0.2, 0.25) is 0 Å². The summed E-state index contributed by atoms with van der Waals surface area (Å²) in [5.74, 6) is 0.655. The number of hydrogen-bond acceptors (Lipinski definition) is 8. The number of carbonyl (C=O) groups is 1. The van der Waals surface area contributed by atoms with Crippen molar-refractivity contribution >= 4 is 52.3 Å². The molecular weight excluding hydrogens is 669 g/mol. The molecule has 1 aliphatic heterocycles. The predicted octanol–water partition coefficient (Wildman–Crippen LogP) is 7.32. The van der Waals surface area contributed by atoms with Gasteiger partial charge in [-0.25, -0.2) is 9.79 Å². The number of fused-ring (bicyclic) bond motifs is 1. The van der Waals surface area contributed by atoms with Gasteiger partial charge < -0.3 is 19.1 Å². The van der Waals surface area contributed by atoms with Crippen molar-refractivity contribution in [1.29, 1.82) is 0 Å². The fourth-order valence-corrected chi connectivity index (χ4v) is 7.00. The Hall–Kier alpha value is -4.05. The van der Waals surface area contributed by atoms with Crippen molar-refractivity contribution in [1.82, 2.24) is 4.57 Å². The minimum Gasteiger partial charge on any atom is -0.491 e. The van der Waals surface area contributed by atoms with E-state index >= 15 is 0 Å². The lowest BCUT2D eigenvalue weighted by atomic mass is 9.95. The summed E-state index contributed by atoms with van der Waals surface area (Å²) in [5, 5.41) is 0.918. The predicted molar refractivity (Wildman–Crippen MR) is 193 cm³/mol. The minimum absolute atomic E-state index is 0.125. The number of para-hydroxylation sites is 1. The molecular formula is C37H39Cl2N3O5S. The van der Waals surface area contributed by atoms with Crippen LogP contribution in [0.4, 0.5) is 5.69 Å². The Kier molecular flexibility index (Phi) is 11.3. The molecule has 0 unspecified atom stereocenters. The number of aromatic nitrogens is 1. The van der Waals surface area contributed by atoms with Crippen LogP contribution in [0.3, 0.4) is 0 Å². The zero-order valence-corrected chi connectivity index (χ0v) is 30.2. The van der Waals surface area contributed by atoms with E-state index < -0.39 is 12.0 Å². The average Bonchev–Trinajstić information content (AvgIpc) is 3.36. The molecule has 48 heavy (non-hydrogen) atoms. The topological polar surface area (TPSA) is 82.4 Å². The quantitative estimate of drug-likeness (QED) is 0.144. The third-order valence-electron chi connectivity index (χ3n) is 7.88. The Bertz CT molecular complexity index is 2030. The molecule has 1 aromatic heterocycles. The largest absolute Gasteiger partial charge is 0.491 e. The molecule has 1 atom stereocenters. The van der Waals surface area contributed by atoms with E-state index in [1.165, 1.54) is 11.3 Å². The minimum atomic E-state index is -0.798. The number of hydrogen-bond donors (Lipinski definition) is 0. The van der Waals surface area contributed by atoms with Crippen LogP contribution in [0.5, 0.6) is 11.5 Å². The Morgan fingerprint density at radius 2 is 1.77 bits per heavy atom. The summed E-state index contributed by atoms with van der Waals surface area (Å²) in [4.78, 5) is 35.2. The maximum Gasteiger partial charge on any atom is 0.338 e. The zero-order chi connectivity index (χ0) is 34.5. The molecule has 4 aromatic rings. The Labute approximate surface area is 294 Å². The number of anilines is 1. The number of benzene rings is 3. The van der Waals surface area contributed by atoms with Gasteiger partial charge in [-0.15, -0.1) is 0 Å². The molecule has 11 heteroatoms. The summed E-state index contributed by atoms with van der Waals surface area (Å²) in [6.45, 7) is 13.7. The monoisotopic (exact) mass is 707 g/mol. The molecule has 3 aromatic carbocycles. The van der Waals surface area contributed by atoms with E-state index in [4.69, 9.17) is 42.4 Å². The van der Waals surface area contributed by atoms with Crippen molar-refractivity contribution in [2.75, 3.05) is 24.6 Å². The Balaban J connectivity index is 1.67. The van der Waals surface area contributed by atoms with E-state index in [-0.39, 0.29) is 24.9 Å². The summed E-state index contributed by atoms with van der Waals surface area (Å²) < 4.78 is 20.0. The van der Waals surface area contributed by atoms with Crippen molar-refractivity contribution in [3.8, 4) is 11.5 Å². The normalized spacial score (nSPS) is 14.5. The molecule has 0 saturated carbocycles. The van der Waals surface area contributed by atoms with E-state index in [0.717, 1.165) is 29.9 Å². The van der Waals surface area contributed by atoms with Crippen molar-refractivity contribution in [3.63, 3.8) is 0 Å². The number of rotatable bonds is 12. The standard InChI is InChI=1S/C37H39Cl2N3O5S/c1-7-41(8-2)26-16-15-25(31(20-26)46-21-24-14-17-28(38)29(39)18-24)19-32-35(43)42-34(27-12-10-11-13-30(27)47-22(4)5)33(36(44)45-9-3)23(6)40-37(42)48-32/h10-20,22,34H,7-9,21H2,1-6H3/b32-19-/t34-/m0/s1. The number of ether oxygens (including phenoxy) is 3. The SMILES string of the molecule is CCOC(=O)C1=C(C)N=c2s/c(=C\c3ccc(N(CC)CC)cc3OCc3ccc(Cl)c(Cl)c3)c(=O)n2[C@H]1c1ccccc1OC(C)C. The third-order valence-corrected chi connectivity index (χ3v) is 9.61. The number of allylic oxidation sites excluding steroid dienone is 1. The van der Waals surface area contributed by atoms with Gasteiger partial charge in [-0.1, -0.05) is 58.8 Å². The molecule has 5 rings (SSSR count). The molecule has 2 heterocycles. The molecule has 0 amide bonds. The van der Waals surface area contributed by atoms with Crippen LogP contribution in [0.1, 0.15) is 64.3 Å². The molecule has 0 bridgehead atoms. The smallest absolute Gasteiger partial charge is 0.338 e. The van der Waals surface area contributed by atoms with Gasteiger partial charge in [-0.2, -0.15) is 0 Å². The maximum absolute atomic E-state index is 14.4. The molecule has 0 saturated heterocycles. The lowest BCUT2D eigenvalue weighted by Gasteiger charge is -2.26. The first-order chi connectivity index (χ1) is 23.1. The van der Waals surface area contributed by atoms with Gasteiger partial charge in [-0.3, -0.25) is 9.36 Å². The molecule has 8 nitrogen and oxygen atoms in total. The molecule has 0 spiro atoms. The van der Waals surface area contributed by atoms with Gasteiger partial charge in [0.15, 0.2) is 4.80 Å². The van der Waals surface area contributed by atoms with Gasteiger partial charge in [0.1, 0.15) is 24.1 Å². The number of nitrogens with zero attached hydrogens (tertiary/aromatic N) is 3. The van der Waals surface area contributed by atoms with E-state index in [0.29, 0.717) is 47.7 Å². The average molecular weight is 709 g/mol. The number of thiazole rings is 1. The molecule has 1 aliphatic rings. The summed E-state index contributed by atoms with van der Waals surface area (Å²) in [6.07, 6.45) is 1.69. The molecule has 0 radical (unpaired) electrons. The highest BCUT2D eigenvalue weighted by atomic mass is 35.5. The summed E-state index contributed by atoms with van der Waals surface area (Å²) in [6, 6.07) is 18.0. The highest BCUT2D eigenvalue weighted by molar-refractivity contribution is 7.07. The van der Waals surface area contributed by atoms with Crippen molar-refractivity contribution in [2.45, 2.75) is 60.3 Å². The maximum atomic E-state index is 14.4. The number of carbonyl (C=O) groups excluding carboxylic acids is 1. The van der Waals surface area contributed by atoms with Crippen LogP contribution < -0.4 is 29.3 Å². The van der Waals surface area contributed by atoms with Crippen molar-refractivity contribution in [3.05, 3.63) is 118 Å². The highest BCUT2D eigenvalue weighted by Crippen LogP contribution is 2.36. The first-order valence-corrected chi connectivity index (χ1v) is 17.5. The van der Waals surface area contributed by atoms with E-state index in [1.807, 2.05) is 68.5 Å². The van der Waals surface area contributed by atoms with Crippen LogP contribution in [0.15, 0.2) is 81.7 Å². The van der Waals surface area contributed by atoms with E-state index in [1.54, 1.807) is 30.5 Å². The van der Waals surface area contributed by atoms with Gasteiger partial charge >= 0.3 is 5.97 Å². The van der Waals surface area contributed by atoms with Crippen LogP contribution >= 0.6 is 34.5 Å². The van der Waals surface area contributed by atoms with E-state index in [2.05, 4.69) is 18.7 Å². The van der Waals surface area contributed by atoms with Gasteiger partial charge in [-0.05, 0) is 83.5 Å². The van der Waals surface area contributed by atoms with Crippen LogP contribution in [-0.4, -0.2) is 36.3 Å². The van der Waals surface area contributed by atoms with Gasteiger partial charge in [0, 0.05) is 36.0 Å². The van der Waals surface area contributed by atoms with Crippen molar-refractivity contribution in [2.24, 2.45) is 4.99 Å². The van der Waals surface area contributed by atoms with E-state index in [9.17, 15) is 9.59 Å². The second kappa shape index (κ2) is 15.4. The summed E-state index contributed by atoms with van der Waals surface area (Å²) in [5.41, 5.74) is 3.74. The molecule has 0 fully saturated rings. The summed E-state index contributed by atoms with van der Waals surface area (Å²) in [7, 11) is 0. The number of esters is 1. The van der Waals surface area contributed by atoms with Crippen molar-refractivity contribution < 1.29 is 19.0 Å². The summed E-state index contributed by atoms with van der Waals surface area (Å²) >= 11 is 13.7. The first-order valence-electron chi connectivity index (χ1n) is 16.0. The van der Waals surface area contributed by atoms with Crippen LogP contribution in [0, 0.1) is 0 Å². The third kappa shape index (κ3) is 7.48. The Morgan fingerprint density at radius 1 is 1.02 bits per heavy atom. The fourth-order valence-electron chi connectivity index (χ4n) is 5.64. The first kappa shape index (κ1) is 35.3. The zero-order valence-electron chi connectivity index (χ0n) is 27.9. The van der Waals surface area contributed by atoms with Crippen LogP contribution in [-0.2, 0) is 16.1 Å². The molecule has 0 N–H and O–H groups in total. The van der Waals surface area contributed by atoms with Gasteiger partial charge in [0.25, 0.3) is 5.56 Å². The van der Waals surface area contributed by atoms with Crippen LogP contribution in [0.2, 0.25) is 10.0 Å². The molecule has 0 aliphatic carbocycles. The second-order valence-corrected chi connectivity index (χ2v) is 13.3. The van der Waals surface area contributed by atoms with Gasteiger partial charge in [0.05, 0.1) is 38.6 Å². The molecule has 252 valence electrons. The Morgan fingerprint density at radius 3 is 2.46 bits per heavy atom. The highest BCUT2D eigenvalue weighted by Gasteiger charge is 2.35. The lowest BCUT2D eigenvalue weighted by molar-refractivity contribution is -0.139. The fraction of sp³-hybridized carbons (Fsp3) is 0.324. The lowest BCUT2D eigenvalue weighted by Crippen LogP contribution is -2.40.